The molecule has 3 rings (SSSR count). The zero-order valence-corrected chi connectivity index (χ0v) is 11.4. The summed E-state index contributed by atoms with van der Waals surface area (Å²) in [6, 6.07) is 2.77. The fourth-order valence-electron chi connectivity index (χ4n) is 3.18. The van der Waals surface area contributed by atoms with E-state index in [1.165, 1.54) is 43.6 Å². The van der Waals surface area contributed by atoms with Crippen molar-refractivity contribution >= 4 is 17.3 Å². The Balaban J connectivity index is 1.71. The van der Waals surface area contributed by atoms with Gasteiger partial charge in [0.25, 0.3) is 0 Å². The summed E-state index contributed by atoms with van der Waals surface area (Å²) in [7, 11) is 0. The Morgan fingerprint density at radius 2 is 2.11 bits per heavy atom. The molecule has 3 nitrogen and oxygen atoms in total. The van der Waals surface area contributed by atoms with E-state index in [1.807, 2.05) is 18.5 Å². The van der Waals surface area contributed by atoms with Gasteiger partial charge >= 0.3 is 0 Å². The van der Waals surface area contributed by atoms with Crippen molar-refractivity contribution in [2.75, 3.05) is 31.1 Å². The van der Waals surface area contributed by atoms with Crippen LogP contribution in [-0.4, -0.2) is 42.1 Å². The van der Waals surface area contributed by atoms with Gasteiger partial charge in [0.15, 0.2) is 0 Å². The highest BCUT2D eigenvalue weighted by molar-refractivity contribution is 6.17. The lowest BCUT2D eigenvalue weighted by Crippen LogP contribution is -2.35. The monoisotopic (exact) mass is 265 g/mol. The molecule has 0 aliphatic carbocycles. The third-order valence-corrected chi connectivity index (χ3v) is 4.48. The van der Waals surface area contributed by atoms with Gasteiger partial charge in [-0.25, -0.2) is 0 Å². The molecule has 4 heteroatoms. The highest BCUT2D eigenvalue weighted by Crippen LogP contribution is 2.27. The molecule has 0 amide bonds. The second-order valence-electron chi connectivity index (χ2n) is 5.27. The van der Waals surface area contributed by atoms with Crippen molar-refractivity contribution in [3.63, 3.8) is 0 Å². The molecular weight excluding hydrogens is 246 g/mol. The Hall–Kier alpha value is -0.800. The molecule has 2 aliphatic heterocycles. The number of anilines is 1. The lowest BCUT2D eigenvalue weighted by atomic mass is 10.2. The maximum atomic E-state index is 6.01. The molecule has 1 unspecified atom stereocenters. The van der Waals surface area contributed by atoms with Crippen LogP contribution in [0.25, 0.3) is 0 Å². The molecule has 1 aromatic rings. The number of rotatable bonds is 3. The van der Waals surface area contributed by atoms with E-state index in [4.69, 9.17) is 11.6 Å². The van der Waals surface area contributed by atoms with Gasteiger partial charge in [-0.15, -0.1) is 11.6 Å². The van der Waals surface area contributed by atoms with Crippen LogP contribution in [0, 0.1) is 0 Å². The average Bonchev–Trinajstić information content (AvgIpc) is 3.09. The molecule has 0 spiro atoms. The summed E-state index contributed by atoms with van der Waals surface area (Å²) in [5.41, 5.74) is 2.43. The van der Waals surface area contributed by atoms with E-state index in [9.17, 15) is 0 Å². The largest absolute Gasteiger partial charge is 0.368 e. The highest BCUT2D eigenvalue weighted by Gasteiger charge is 2.30. The van der Waals surface area contributed by atoms with Gasteiger partial charge < -0.3 is 4.90 Å². The molecule has 0 aromatic carbocycles. The zero-order valence-electron chi connectivity index (χ0n) is 10.7. The van der Waals surface area contributed by atoms with E-state index in [0.717, 1.165) is 19.1 Å². The van der Waals surface area contributed by atoms with Crippen LogP contribution >= 0.6 is 11.6 Å². The SMILES string of the molecule is ClCc1ccncc1N1CCC(N2CCCC2)C1. The van der Waals surface area contributed by atoms with Gasteiger partial charge in [0.2, 0.25) is 0 Å². The first-order chi connectivity index (χ1) is 8.88. The number of likely N-dealkylation sites (tertiary alicyclic amines) is 1. The van der Waals surface area contributed by atoms with Crippen LogP contribution in [0.15, 0.2) is 18.5 Å². The lowest BCUT2D eigenvalue weighted by Gasteiger charge is -2.25. The number of alkyl halides is 1. The topological polar surface area (TPSA) is 19.4 Å². The normalized spacial score (nSPS) is 24.9. The minimum absolute atomic E-state index is 0.572. The lowest BCUT2D eigenvalue weighted by molar-refractivity contribution is 0.260. The van der Waals surface area contributed by atoms with E-state index >= 15 is 0 Å². The Bertz CT molecular complexity index is 404. The first-order valence-corrected chi connectivity index (χ1v) is 7.40. The average molecular weight is 266 g/mol. The summed E-state index contributed by atoms with van der Waals surface area (Å²) >= 11 is 6.01. The van der Waals surface area contributed by atoms with E-state index in [2.05, 4.69) is 14.8 Å². The molecule has 0 radical (unpaired) electrons. The molecule has 2 fully saturated rings. The molecule has 0 N–H and O–H groups in total. The Morgan fingerprint density at radius 3 is 2.89 bits per heavy atom. The van der Waals surface area contributed by atoms with Crippen LogP contribution < -0.4 is 4.90 Å². The van der Waals surface area contributed by atoms with E-state index < -0.39 is 0 Å². The quantitative estimate of drug-likeness (QED) is 0.783. The molecule has 0 saturated carbocycles. The smallest absolute Gasteiger partial charge is 0.0598 e. The summed E-state index contributed by atoms with van der Waals surface area (Å²) in [6.45, 7) is 4.84. The molecule has 1 atom stereocenters. The van der Waals surface area contributed by atoms with E-state index in [1.54, 1.807) is 0 Å². The van der Waals surface area contributed by atoms with Crippen LogP contribution in [0.2, 0.25) is 0 Å². The molecule has 0 bridgehead atoms. The van der Waals surface area contributed by atoms with Crippen LogP contribution in [-0.2, 0) is 5.88 Å². The Kier molecular flexibility index (Phi) is 3.71. The Morgan fingerprint density at radius 1 is 1.28 bits per heavy atom. The fourth-order valence-corrected chi connectivity index (χ4v) is 3.40. The van der Waals surface area contributed by atoms with Crippen molar-refractivity contribution in [1.82, 2.24) is 9.88 Å². The summed E-state index contributed by atoms with van der Waals surface area (Å²) in [4.78, 5) is 9.35. The van der Waals surface area contributed by atoms with Crippen molar-refractivity contribution in [1.29, 1.82) is 0 Å². The van der Waals surface area contributed by atoms with Crippen molar-refractivity contribution < 1.29 is 0 Å². The minimum atomic E-state index is 0.572. The molecule has 2 saturated heterocycles. The fraction of sp³-hybridized carbons (Fsp3) is 0.643. The standard InChI is InChI=1S/C14H20ClN3/c15-9-12-3-5-16-10-14(12)18-8-4-13(11-18)17-6-1-2-7-17/h3,5,10,13H,1-2,4,6-9,11H2. The molecular formula is C14H20ClN3. The molecule has 1 aromatic heterocycles. The van der Waals surface area contributed by atoms with Crippen molar-refractivity contribution in [3.05, 3.63) is 24.0 Å². The molecule has 2 aliphatic rings. The van der Waals surface area contributed by atoms with Crippen molar-refractivity contribution in [2.45, 2.75) is 31.2 Å². The number of aromatic nitrogens is 1. The number of pyridine rings is 1. The van der Waals surface area contributed by atoms with Crippen LogP contribution in [0.5, 0.6) is 0 Å². The van der Waals surface area contributed by atoms with Crippen LogP contribution in [0.4, 0.5) is 5.69 Å². The van der Waals surface area contributed by atoms with Gasteiger partial charge in [0, 0.05) is 31.2 Å². The van der Waals surface area contributed by atoms with Gasteiger partial charge in [-0.2, -0.15) is 0 Å². The van der Waals surface area contributed by atoms with Gasteiger partial charge in [-0.3, -0.25) is 9.88 Å². The second-order valence-corrected chi connectivity index (χ2v) is 5.54. The first-order valence-electron chi connectivity index (χ1n) is 6.86. The maximum absolute atomic E-state index is 6.01. The summed E-state index contributed by atoms with van der Waals surface area (Å²) < 4.78 is 0. The second kappa shape index (κ2) is 5.45. The highest BCUT2D eigenvalue weighted by atomic mass is 35.5. The van der Waals surface area contributed by atoms with E-state index in [0.29, 0.717) is 5.88 Å². The number of halogens is 1. The predicted molar refractivity (Wildman–Crippen MR) is 75.2 cm³/mol. The molecule has 98 valence electrons. The number of nitrogens with zero attached hydrogens (tertiary/aromatic N) is 3. The third kappa shape index (κ3) is 2.34. The maximum Gasteiger partial charge on any atom is 0.0598 e. The number of hydrogen-bond acceptors (Lipinski definition) is 3. The molecule has 3 heterocycles. The summed E-state index contributed by atoms with van der Waals surface area (Å²) in [6.07, 6.45) is 7.81. The summed E-state index contributed by atoms with van der Waals surface area (Å²) in [5.74, 6) is 0.572. The minimum Gasteiger partial charge on any atom is -0.368 e. The first kappa shape index (κ1) is 12.2. The van der Waals surface area contributed by atoms with Gasteiger partial charge in [-0.1, -0.05) is 0 Å². The summed E-state index contributed by atoms with van der Waals surface area (Å²) in [5, 5.41) is 0. The zero-order chi connectivity index (χ0) is 12.4. The Labute approximate surface area is 114 Å². The predicted octanol–water partition coefficient (Wildman–Crippen LogP) is 2.49. The van der Waals surface area contributed by atoms with Gasteiger partial charge in [-0.05, 0) is 44.0 Å². The van der Waals surface area contributed by atoms with Gasteiger partial charge in [0.05, 0.1) is 11.9 Å². The van der Waals surface area contributed by atoms with Crippen LogP contribution in [0.1, 0.15) is 24.8 Å². The van der Waals surface area contributed by atoms with Crippen molar-refractivity contribution in [2.24, 2.45) is 0 Å². The van der Waals surface area contributed by atoms with Crippen molar-refractivity contribution in [3.8, 4) is 0 Å². The van der Waals surface area contributed by atoms with E-state index in [-0.39, 0.29) is 0 Å². The van der Waals surface area contributed by atoms with Gasteiger partial charge in [0.1, 0.15) is 0 Å². The van der Waals surface area contributed by atoms with Crippen LogP contribution in [0.3, 0.4) is 0 Å². The molecule has 18 heavy (non-hydrogen) atoms. The number of hydrogen-bond donors (Lipinski definition) is 0. The third-order valence-electron chi connectivity index (χ3n) is 4.19.